The lowest BCUT2D eigenvalue weighted by molar-refractivity contribution is -0.114. The van der Waals surface area contributed by atoms with E-state index in [9.17, 15) is 13.2 Å². The molecule has 0 bridgehead atoms. The number of nitrogens with one attached hydrogen (secondary N) is 2. The molecule has 0 aliphatic carbocycles. The predicted octanol–water partition coefficient (Wildman–Crippen LogP) is 3.43. The summed E-state index contributed by atoms with van der Waals surface area (Å²) in [7, 11) is -1.98. The first-order valence-electron chi connectivity index (χ1n) is 8.79. The average molecular weight is 426 g/mol. The molecule has 2 aromatic rings. The van der Waals surface area contributed by atoms with Crippen molar-refractivity contribution in [1.29, 1.82) is 0 Å². The van der Waals surface area contributed by atoms with Crippen molar-refractivity contribution in [1.82, 2.24) is 4.31 Å². The zero-order valence-corrected chi connectivity index (χ0v) is 17.6. The summed E-state index contributed by atoms with van der Waals surface area (Å²) in [4.78, 5) is 12.4. The fraction of sp³-hybridized carbons (Fsp3) is 0.316. The van der Waals surface area contributed by atoms with Gasteiger partial charge in [0.2, 0.25) is 15.9 Å². The van der Waals surface area contributed by atoms with Crippen molar-refractivity contribution in [2.45, 2.75) is 18.7 Å². The molecule has 28 heavy (non-hydrogen) atoms. The number of ether oxygens (including phenoxy) is 1. The maximum atomic E-state index is 12.5. The molecule has 152 valence electrons. The number of anilines is 2. The molecule has 0 atom stereocenters. The van der Waals surface area contributed by atoms with E-state index in [1.807, 2.05) is 0 Å². The van der Waals surface area contributed by atoms with E-state index in [2.05, 4.69) is 10.6 Å². The number of amides is 1. The van der Waals surface area contributed by atoms with Crippen LogP contribution in [0.4, 0.5) is 11.4 Å². The summed E-state index contributed by atoms with van der Waals surface area (Å²) >= 11 is 6.10. The predicted molar refractivity (Wildman–Crippen MR) is 112 cm³/mol. The van der Waals surface area contributed by atoms with Crippen LogP contribution in [0.25, 0.3) is 0 Å². The highest BCUT2D eigenvalue weighted by molar-refractivity contribution is 7.89. The number of halogens is 1. The highest BCUT2D eigenvalue weighted by atomic mass is 35.5. The fourth-order valence-electron chi connectivity index (χ4n) is 2.57. The number of hydrogen-bond acceptors (Lipinski definition) is 5. The van der Waals surface area contributed by atoms with E-state index in [0.717, 1.165) is 0 Å². The summed E-state index contributed by atoms with van der Waals surface area (Å²) in [6.07, 6.45) is 0. The normalized spacial score (nSPS) is 11.3. The Morgan fingerprint density at radius 3 is 2.32 bits per heavy atom. The van der Waals surface area contributed by atoms with Crippen LogP contribution in [-0.4, -0.2) is 45.4 Å². The van der Waals surface area contributed by atoms with Crippen LogP contribution in [-0.2, 0) is 14.8 Å². The smallest absolute Gasteiger partial charge is 0.243 e. The Balaban J connectivity index is 2.00. The molecule has 0 radical (unpaired) electrons. The summed E-state index contributed by atoms with van der Waals surface area (Å²) in [5.74, 6) is 0.329. The third-order valence-electron chi connectivity index (χ3n) is 4.09. The average Bonchev–Trinajstić information content (AvgIpc) is 2.68. The maximum absolute atomic E-state index is 12.5. The number of benzene rings is 2. The van der Waals surface area contributed by atoms with Gasteiger partial charge in [0.1, 0.15) is 5.75 Å². The topological polar surface area (TPSA) is 87.7 Å². The second-order valence-corrected chi connectivity index (χ2v) is 8.21. The van der Waals surface area contributed by atoms with Crippen molar-refractivity contribution in [2.24, 2.45) is 0 Å². The molecule has 2 aromatic carbocycles. The van der Waals surface area contributed by atoms with E-state index in [1.165, 1.54) is 16.4 Å². The lowest BCUT2D eigenvalue weighted by atomic mass is 10.3. The molecule has 2 N–H and O–H groups in total. The van der Waals surface area contributed by atoms with E-state index < -0.39 is 10.0 Å². The quantitative estimate of drug-likeness (QED) is 0.642. The SMILES string of the molecule is CCN(CC)S(=O)(=O)c1ccc(NC(=O)CNc2cc(OC)ccc2Cl)cc1. The van der Waals surface area contributed by atoms with Gasteiger partial charge in [0.05, 0.1) is 29.3 Å². The molecule has 0 unspecified atom stereocenters. The zero-order chi connectivity index (χ0) is 20.7. The van der Waals surface area contributed by atoms with Crippen LogP contribution in [0.1, 0.15) is 13.8 Å². The van der Waals surface area contributed by atoms with Crippen LogP contribution in [0.5, 0.6) is 5.75 Å². The van der Waals surface area contributed by atoms with Gasteiger partial charge < -0.3 is 15.4 Å². The molecular formula is C19H24ClN3O4S. The van der Waals surface area contributed by atoms with E-state index in [1.54, 1.807) is 51.3 Å². The van der Waals surface area contributed by atoms with E-state index in [-0.39, 0.29) is 17.3 Å². The summed E-state index contributed by atoms with van der Waals surface area (Å²) in [5.41, 5.74) is 1.08. The highest BCUT2D eigenvalue weighted by Crippen LogP contribution is 2.26. The number of nitrogens with zero attached hydrogens (tertiary/aromatic N) is 1. The monoisotopic (exact) mass is 425 g/mol. The summed E-state index contributed by atoms with van der Waals surface area (Å²) in [6.45, 7) is 4.37. The van der Waals surface area contributed by atoms with Gasteiger partial charge >= 0.3 is 0 Å². The summed E-state index contributed by atoms with van der Waals surface area (Å²) < 4.78 is 31.5. The van der Waals surface area contributed by atoms with Crippen molar-refractivity contribution in [2.75, 3.05) is 37.4 Å². The minimum Gasteiger partial charge on any atom is -0.497 e. The van der Waals surface area contributed by atoms with Gasteiger partial charge in [-0.25, -0.2) is 8.42 Å². The van der Waals surface area contributed by atoms with Gasteiger partial charge in [0.25, 0.3) is 0 Å². The Hall–Kier alpha value is -2.29. The third kappa shape index (κ3) is 5.37. The van der Waals surface area contributed by atoms with Gasteiger partial charge in [-0.15, -0.1) is 0 Å². The molecule has 0 heterocycles. The first kappa shape index (κ1) is 22.0. The van der Waals surface area contributed by atoms with Crippen LogP contribution in [0.3, 0.4) is 0 Å². The van der Waals surface area contributed by atoms with E-state index >= 15 is 0 Å². The number of carbonyl (C=O) groups excluding carboxylic acids is 1. The lowest BCUT2D eigenvalue weighted by Gasteiger charge is -2.18. The summed E-state index contributed by atoms with van der Waals surface area (Å²) in [5, 5.41) is 6.13. The van der Waals surface area contributed by atoms with Crippen LogP contribution in [0, 0.1) is 0 Å². The molecule has 0 aromatic heterocycles. The van der Waals surface area contributed by atoms with Gasteiger partial charge in [0, 0.05) is 24.8 Å². The second-order valence-electron chi connectivity index (χ2n) is 5.86. The molecular weight excluding hydrogens is 402 g/mol. The Bertz CT molecular complexity index is 913. The van der Waals surface area contributed by atoms with Crippen molar-refractivity contribution in [3.05, 3.63) is 47.5 Å². The molecule has 0 aliphatic heterocycles. The lowest BCUT2D eigenvalue weighted by Crippen LogP contribution is -2.30. The maximum Gasteiger partial charge on any atom is 0.243 e. The first-order valence-corrected chi connectivity index (χ1v) is 10.6. The molecule has 0 saturated heterocycles. The van der Waals surface area contributed by atoms with E-state index in [4.69, 9.17) is 16.3 Å². The Morgan fingerprint density at radius 1 is 1.11 bits per heavy atom. The first-order chi connectivity index (χ1) is 13.3. The molecule has 0 fully saturated rings. The largest absolute Gasteiger partial charge is 0.497 e. The highest BCUT2D eigenvalue weighted by Gasteiger charge is 2.21. The van der Waals surface area contributed by atoms with Gasteiger partial charge in [-0.05, 0) is 36.4 Å². The molecule has 7 nitrogen and oxygen atoms in total. The number of rotatable bonds is 9. The van der Waals surface area contributed by atoms with Gasteiger partial charge in [-0.2, -0.15) is 4.31 Å². The van der Waals surface area contributed by atoms with Crippen LogP contribution < -0.4 is 15.4 Å². The molecule has 0 spiro atoms. The second kappa shape index (κ2) is 9.77. The van der Waals surface area contributed by atoms with Gasteiger partial charge in [0.15, 0.2) is 0 Å². The minimum absolute atomic E-state index is 0.00755. The molecule has 9 heteroatoms. The molecule has 0 saturated carbocycles. The third-order valence-corrected chi connectivity index (χ3v) is 6.49. The fourth-order valence-corrected chi connectivity index (χ4v) is 4.21. The number of methoxy groups -OCH3 is 1. The van der Waals surface area contributed by atoms with Crippen LogP contribution >= 0.6 is 11.6 Å². The zero-order valence-electron chi connectivity index (χ0n) is 16.0. The van der Waals surface area contributed by atoms with Crippen molar-refractivity contribution in [3.8, 4) is 5.75 Å². The molecule has 1 amide bonds. The Morgan fingerprint density at radius 2 is 1.75 bits per heavy atom. The Kier molecular flexibility index (Phi) is 7.68. The van der Waals surface area contributed by atoms with Crippen molar-refractivity contribution < 1.29 is 17.9 Å². The number of sulfonamides is 1. The van der Waals surface area contributed by atoms with Crippen LogP contribution in [0.15, 0.2) is 47.4 Å². The molecule has 2 rings (SSSR count). The van der Waals surface area contributed by atoms with Crippen molar-refractivity contribution >= 4 is 38.9 Å². The Labute approximate surface area is 170 Å². The summed E-state index contributed by atoms with van der Waals surface area (Å²) in [6, 6.07) is 11.2. The molecule has 0 aliphatic rings. The van der Waals surface area contributed by atoms with Crippen molar-refractivity contribution in [3.63, 3.8) is 0 Å². The minimum atomic E-state index is -3.52. The number of carbonyl (C=O) groups is 1. The van der Waals surface area contributed by atoms with Crippen LogP contribution in [0.2, 0.25) is 5.02 Å². The standard InChI is InChI=1S/C19H24ClN3O4S/c1-4-23(5-2)28(25,26)16-9-6-14(7-10-16)22-19(24)13-21-18-12-15(27-3)8-11-17(18)20/h6-12,21H,4-5,13H2,1-3H3,(H,22,24). The number of hydrogen-bond donors (Lipinski definition) is 2. The van der Waals surface area contributed by atoms with Gasteiger partial charge in [-0.1, -0.05) is 25.4 Å². The van der Waals surface area contributed by atoms with Gasteiger partial charge in [-0.3, -0.25) is 4.79 Å². The van der Waals surface area contributed by atoms with E-state index in [0.29, 0.717) is 35.2 Å².